The summed E-state index contributed by atoms with van der Waals surface area (Å²) in [6.45, 7) is 6.88. The topological polar surface area (TPSA) is 92.9 Å². The summed E-state index contributed by atoms with van der Waals surface area (Å²) in [7, 11) is 0. The first-order valence-electron chi connectivity index (χ1n) is 10.4. The first-order chi connectivity index (χ1) is 14.7. The minimum absolute atomic E-state index is 0.0682. The van der Waals surface area contributed by atoms with Crippen LogP contribution in [0.15, 0.2) is 48.5 Å². The number of amides is 1. The van der Waals surface area contributed by atoms with Crippen LogP contribution >= 0.6 is 11.8 Å². The van der Waals surface area contributed by atoms with Gasteiger partial charge in [0.25, 0.3) is 0 Å². The van der Waals surface area contributed by atoms with Gasteiger partial charge in [-0.15, -0.1) is 11.8 Å². The minimum atomic E-state index is -0.999. The molecule has 2 atom stereocenters. The standard InChI is InChI=1S/C24H30N2O4S/c1-24(2,3)17-9-11-18(12-10-17)30-19-7-4-6-16(14-19)22-26(21(27)15-31-22)20(23(28)29)8-5-13-25/h4,6-7,9-12,14,20,22H,5,8,13,15,25H2,1-3H3,(H,28,29)/t20-,22?/m0/s1. The van der Waals surface area contributed by atoms with Gasteiger partial charge in [0.2, 0.25) is 5.91 Å². The normalized spacial score (nSPS) is 17.6. The monoisotopic (exact) mass is 442 g/mol. The summed E-state index contributed by atoms with van der Waals surface area (Å²) >= 11 is 1.44. The van der Waals surface area contributed by atoms with Gasteiger partial charge in [-0.2, -0.15) is 0 Å². The third-order valence-corrected chi connectivity index (χ3v) is 6.54. The lowest BCUT2D eigenvalue weighted by molar-refractivity contribution is -0.149. The Morgan fingerprint density at radius 1 is 1.23 bits per heavy atom. The molecule has 7 heteroatoms. The highest BCUT2D eigenvalue weighted by molar-refractivity contribution is 8.00. The Labute approximate surface area is 187 Å². The van der Waals surface area contributed by atoms with E-state index in [0.717, 1.165) is 11.3 Å². The van der Waals surface area contributed by atoms with Gasteiger partial charge in [-0.1, -0.05) is 45.0 Å². The zero-order valence-corrected chi connectivity index (χ0v) is 19.0. The second-order valence-electron chi connectivity index (χ2n) is 8.70. The molecule has 1 amide bonds. The lowest BCUT2D eigenvalue weighted by Gasteiger charge is -2.30. The molecule has 6 nitrogen and oxygen atoms in total. The molecule has 1 heterocycles. The van der Waals surface area contributed by atoms with Crippen molar-refractivity contribution in [1.29, 1.82) is 0 Å². The van der Waals surface area contributed by atoms with Crippen LogP contribution in [0.25, 0.3) is 0 Å². The van der Waals surface area contributed by atoms with Crippen molar-refractivity contribution < 1.29 is 19.4 Å². The zero-order valence-electron chi connectivity index (χ0n) is 18.2. The van der Waals surface area contributed by atoms with Crippen LogP contribution in [0.2, 0.25) is 0 Å². The fourth-order valence-electron chi connectivity index (χ4n) is 3.61. The number of nitrogens with two attached hydrogens (primary N) is 1. The van der Waals surface area contributed by atoms with E-state index in [1.165, 1.54) is 22.2 Å². The van der Waals surface area contributed by atoms with Crippen LogP contribution in [-0.2, 0) is 15.0 Å². The van der Waals surface area contributed by atoms with E-state index >= 15 is 0 Å². The number of ether oxygens (including phenoxy) is 1. The number of carboxylic acids is 1. The Morgan fingerprint density at radius 3 is 2.55 bits per heavy atom. The molecule has 1 aliphatic heterocycles. The zero-order chi connectivity index (χ0) is 22.6. The van der Waals surface area contributed by atoms with Crippen molar-refractivity contribution in [2.75, 3.05) is 12.3 Å². The molecule has 1 unspecified atom stereocenters. The molecule has 2 aromatic carbocycles. The van der Waals surface area contributed by atoms with Gasteiger partial charge in [0.05, 0.1) is 5.75 Å². The smallest absolute Gasteiger partial charge is 0.326 e. The van der Waals surface area contributed by atoms with Gasteiger partial charge < -0.3 is 20.5 Å². The average molecular weight is 443 g/mol. The van der Waals surface area contributed by atoms with Gasteiger partial charge in [0, 0.05) is 0 Å². The first kappa shape index (κ1) is 23.2. The summed E-state index contributed by atoms with van der Waals surface area (Å²) in [5.41, 5.74) is 7.70. The van der Waals surface area contributed by atoms with E-state index in [-0.39, 0.29) is 22.4 Å². The largest absolute Gasteiger partial charge is 0.480 e. The fraction of sp³-hybridized carbons (Fsp3) is 0.417. The van der Waals surface area contributed by atoms with Crippen LogP contribution in [0, 0.1) is 0 Å². The molecule has 1 fully saturated rings. The van der Waals surface area contributed by atoms with Crippen LogP contribution < -0.4 is 10.5 Å². The highest BCUT2D eigenvalue weighted by Gasteiger charge is 2.40. The molecular weight excluding hydrogens is 412 g/mol. The fourth-order valence-corrected chi connectivity index (χ4v) is 4.83. The van der Waals surface area contributed by atoms with Crippen molar-refractivity contribution in [3.63, 3.8) is 0 Å². The highest BCUT2D eigenvalue weighted by Crippen LogP contribution is 2.42. The average Bonchev–Trinajstić information content (AvgIpc) is 3.09. The molecule has 1 saturated heterocycles. The summed E-state index contributed by atoms with van der Waals surface area (Å²) in [4.78, 5) is 25.9. The number of hydrogen-bond acceptors (Lipinski definition) is 5. The third kappa shape index (κ3) is 5.60. The first-order valence-corrected chi connectivity index (χ1v) is 11.5. The molecule has 3 N–H and O–H groups in total. The Kier molecular flexibility index (Phi) is 7.28. The lowest BCUT2D eigenvalue weighted by Crippen LogP contribution is -2.43. The number of carbonyl (C=O) groups is 2. The molecule has 0 radical (unpaired) electrons. The Morgan fingerprint density at radius 2 is 1.94 bits per heavy atom. The lowest BCUT2D eigenvalue weighted by atomic mass is 9.87. The minimum Gasteiger partial charge on any atom is -0.480 e. The Hall–Kier alpha value is -2.51. The van der Waals surface area contributed by atoms with E-state index in [2.05, 4.69) is 32.9 Å². The number of rotatable bonds is 8. The van der Waals surface area contributed by atoms with Gasteiger partial charge in [0.15, 0.2) is 0 Å². The second-order valence-corrected chi connectivity index (χ2v) is 9.77. The van der Waals surface area contributed by atoms with E-state index in [4.69, 9.17) is 10.5 Å². The molecule has 0 bridgehead atoms. The van der Waals surface area contributed by atoms with Crippen LogP contribution in [0.4, 0.5) is 0 Å². The van der Waals surface area contributed by atoms with E-state index in [9.17, 15) is 14.7 Å². The second kappa shape index (κ2) is 9.75. The molecule has 166 valence electrons. The van der Waals surface area contributed by atoms with Gasteiger partial charge in [-0.05, 0) is 60.2 Å². The maximum atomic E-state index is 12.5. The van der Waals surface area contributed by atoms with E-state index in [1.807, 2.05) is 36.4 Å². The molecule has 3 rings (SSSR count). The number of thioether (sulfide) groups is 1. The molecule has 1 aliphatic rings. The predicted octanol–water partition coefficient (Wildman–Crippen LogP) is 4.54. The molecule has 2 aromatic rings. The van der Waals surface area contributed by atoms with Gasteiger partial charge in [-0.3, -0.25) is 4.79 Å². The number of hydrogen-bond donors (Lipinski definition) is 2. The van der Waals surface area contributed by atoms with Gasteiger partial charge in [-0.25, -0.2) is 4.79 Å². The summed E-state index contributed by atoms with van der Waals surface area (Å²) in [6, 6.07) is 14.6. The van der Waals surface area contributed by atoms with Gasteiger partial charge >= 0.3 is 5.97 Å². The molecule has 0 saturated carbocycles. The number of carboxylic acid groups (broad SMARTS) is 1. The van der Waals surface area contributed by atoms with Crippen molar-refractivity contribution in [2.24, 2.45) is 5.73 Å². The summed E-state index contributed by atoms with van der Waals surface area (Å²) in [5, 5.41) is 9.34. The van der Waals surface area contributed by atoms with Crippen molar-refractivity contribution in [3.8, 4) is 11.5 Å². The Balaban J connectivity index is 1.81. The van der Waals surface area contributed by atoms with Crippen molar-refractivity contribution >= 4 is 23.6 Å². The molecule has 0 spiro atoms. The van der Waals surface area contributed by atoms with Crippen molar-refractivity contribution in [2.45, 2.75) is 50.4 Å². The van der Waals surface area contributed by atoms with E-state index in [1.54, 1.807) is 0 Å². The highest BCUT2D eigenvalue weighted by atomic mass is 32.2. The third-order valence-electron chi connectivity index (χ3n) is 5.31. The van der Waals surface area contributed by atoms with E-state index in [0.29, 0.717) is 25.1 Å². The van der Waals surface area contributed by atoms with Gasteiger partial charge in [0.1, 0.15) is 22.9 Å². The van der Waals surface area contributed by atoms with Crippen molar-refractivity contribution in [3.05, 3.63) is 59.7 Å². The number of carbonyl (C=O) groups excluding carboxylic acids is 1. The maximum absolute atomic E-state index is 12.5. The Bertz CT molecular complexity index is 924. The molecule has 0 aromatic heterocycles. The van der Waals surface area contributed by atoms with Crippen LogP contribution in [0.3, 0.4) is 0 Å². The SMILES string of the molecule is CC(C)(C)c1ccc(Oc2cccc(C3SCC(=O)N3[C@@H](CCCN)C(=O)O)c2)cc1. The maximum Gasteiger partial charge on any atom is 0.326 e. The molecular formula is C24H30N2O4S. The van der Waals surface area contributed by atoms with Crippen molar-refractivity contribution in [1.82, 2.24) is 4.90 Å². The number of nitrogens with zero attached hydrogens (tertiary/aromatic N) is 1. The summed E-state index contributed by atoms with van der Waals surface area (Å²) in [5.74, 6) is 0.471. The number of benzene rings is 2. The van der Waals surface area contributed by atoms with Crippen LogP contribution in [0.5, 0.6) is 11.5 Å². The molecule has 0 aliphatic carbocycles. The van der Waals surface area contributed by atoms with Crippen LogP contribution in [0.1, 0.15) is 50.1 Å². The predicted molar refractivity (Wildman–Crippen MR) is 123 cm³/mol. The van der Waals surface area contributed by atoms with E-state index < -0.39 is 12.0 Å². The molecule has 31 heavy (non-hydrogen) atoms. The summed E-state index contributed by atoms with van der Waals surface area (Å²) < 4.78 is 6.04. The number of aliphatic carboxylic acids is 1. The quantitative estimate of drug-likeness (QED) is 0.623. The summed E-state index contributed by atoms with van der Waals surface area (Å²) in [6.07, 6.45) is 0.886. The van der Waals surface area contributed by atoms with Crippen LogP contribution in [-0.4, -0.2) is 40.2 Å².